The molecule has 0 radical (unpaired) electrons. The second-order valence-corrected chi connectivity index (χ2v) is 4.78. The number of hydrogen-bond acceptors (Lipinski definition) is 2. The summed E-state index contributed by atoms with van der Waals surface area (Å²) in [7, 11) is 0. The summed E-state index contributed by atoms with van der Waals surface area (Å²) in [4.78, 5) is 21.9. The normalized spacial score (nSPS) is 10.1. The van der Waals surface area contributed by atoms with E-state index in [2.05, 4.69) is 22.6 Å². The van der Waals surface area contributed by atoms with Crippen LogP contribution in [-0.2, 0) is 4.79 Å². The third-order valence-electron chi connectivity index (χ3n) is 2.21. The second-order valence-electron chi connectivity index (χ2n) is 3.53. The highest BCUT2D eigenvalue weighted by atomic mass is 127. The van der Waals surface area contributed by atoms with Crippen LogP contribution < -0.4 is 0 Å². The molecule has 1 N–H and O–H groups in total. The van der Waals surface area contributed by atoms with Gasteiger partial charge in [-0.2, -0.15) is 0 Å². The van der Waals surface area contributed by atoms with E-state index in [4.69, 9.17) is 5.11 Å². The zero-order valence-corrected chi connectivity index (χ0v) is 10.9. The van der Waals surface area contributed by atoms with Crippen molar-refractivity contribution in [3.8, 4) is 0 Å². The van der Waals surface area contributed by atoms with Crippen LogP contribution in [0.25, 0.3) is 0 Å². The number of Topliss-reactive ketones (excluding diaryl/α,β-unsaturated/α-hetero) is 1. The highest BCUT2D eigenvalue weighted by Crippen LogP contribution is 2.11. The number of benzene rings is 1. The number of ketones is 1. The number of unbranched alkanes of at least 4 members (excludes halogenated alkanes) is 1. The molecule has 0 aromatic heterocycles. The Balaban J connectivity index is 2.35. The Bertz CT molecular complexity index is 370. The molecule has 1 aromatic carbocycles. The van der Waals surface area contributed by atoms with Crippen molar-refractivity contribution in [2.45, 2.75) is 25.7 Å². The molecule has 0 spiro atoms. The third-order valence-corrected chi connectivity index (χ3v) is 2.93. The Hall–Kier alpha value is -0.910. The van der Waals surface area contributed by atoms with Gasteiger partial charge in [0.05, 0.1) is 0 Å². The molecule has 1 aromatic rings. The van der Waals surface area contributed by atoms with Crippen molar-refractivity contribution in [3.63, 3.8) is 0 Å². The van der Waals surface area contributed by atoms with Crippen LogP contribution in [0.15, 0.2) is 24.3 Å². The number of carboxylic acids is 1. The van der Waals surface area contributed by atoms with Crippen LogP contribution in [0, 0.1) is 3.57 Å². The average molecular weight is 332 g/mol. The van der Waals surface area contributed by atoms with Crippen LogP contribution in [0.5, 0.6) is 0 Å². The van der Waals surface area contributed by atoms with Crippen LogP contribution >= 0.6 is 22.6 Å². The summed E-state index contributed by atoms with van der Waals surface area (Å²) in [5.74, 6) is -0.719. The summed E-state index contributed by atoms with van der Waals surface area (Å²) < 4.78 is 1.10. The van der Waals surface area contributed by atoms with E-state index in [0.29, 0.717) is 24.8 Å². The molecule has 0 aliphatic rings. The van der Waals surface area contributed by atoms with E-state index in [9.17, 15) is 9.59 Å². The molecule has 0 saturated heterocycles. The molecule has 86 valence electrons. The Morgan fingerprint density at radius 2 is 1.62 bits per heavy atom. The van der Waals surface area contributed by atoms with Crippen LogP contribution in [0.3, 0.4) is 0 Å². The zero-order valence-electron chi connectivity index (χ0n) is 8.78. The highest BCUT2D eigenvalue weighted by molar-refractivity contribution is 14.1. The predicted molar refractivity (Wildman–Crippen MR) is 69.6 cm³/mol. The van der Waals surface area contributed by atoms with Crippen LogP contribution in [-0.4, -0.2) is 16.9 Å². The maximum absolute atomic E-state index is 11.7. The van der Waals surface area contributed by atoms with Gasteiger partial charge in [-0.15, -0.1) is 0 Å². The lowest BCUT2D eigenvalue weighted by molar-refractivity contribution is -0.137. The summed E-state index contributed by atoms with van der Waals surface area (Å²) in [5, 5.41) is 8.44. The van der Waals surface area contributed by atoms with Crippen molar-refractivity contribution < 1.29 is 14.7 Å². The Kier molecular flexibility index (Phi) is 5.45. The molecule has 0 aliphatic heterocycles. The number of halogens is 1. The predicted octanol–water partition coefficient (Wildman–Crippen LogP) is 3.12. The monoisotopic (exact) mass is 332 g/mol. The fourth-order valence-electron chi connectivity index (χ4n) is 1.34. The molecule has 0 unspecified atom stereocenters. The van der Waals surface area contributed by atoms with Gasteiger partial charge in [-0.3, -0.25) is 9.59 Å². The summed E-state index contributed by atoms with van der Waals surface area (Å²) in [6.45, 7) is 0. The van der Waals surface area contributed by atoms with Gasteiger partial charge in [-0.25, -0.2) is 0 Å². The number of aliphatic carboxylic acids is 1. The summed E-state index contributed by atoms with van der Waals surface area (Å²) in [6, 6.07) is 7.40. The van der Waals surface area contributed by atoms with Gasteiger partial charge in [0.1, 0.15) is 0 Å². The molecular weight excluding hydrogens is 319 g/mol. The number of carbonyl (C=O) groups is 2. The Morgan fingerprint density at radius 3 is 2.19 bits per heavy atom. The molecule has 0 bridgehead atoms. The summed E-state index contributed by atoms with van der Waals surface area (Å²) in [6.07, 6.45) is 1.76. The van der Waals surface area contributed by atoms with Gasteiger partial charge in [-0.05, 0) is 47.6 Å². The minimum Gasteiger partial charge on any atom is -0.481 e. The fourth-order valence-corrected chi connectivity index (χ4v) is 1.70. The van der Waals surface area contributed by atoms with Crippen molar-refractivity contribution >= 4 is 34.3 Å². The molecule has 0 heterocycles. The van der Waals surface area contributed by atoms with Crippen LogP contribution in [0.2, 0.25) is 0 Å². The lowest BCUT2D eigenvalue weighted by Gasteiger charge is -2.00. The van der Waals surface area contributed by atoms with Gasteiger partial charge < -0.3 is 5.11 Å². The molecule has 1 rings (SSSR count). The van der Waals surface area contributed by atoms with Crippen LogP contribution in [0.1, 0.15) is 36.0 Å². The molecule has 0 amide bonds. The van der Waals surface area contributed by atoms with E-state index >= 15 is 0 Å². The third kappa shape index (κ3) is 4.74. The first-order chi connectivity index (χ1) is 7.59. The first-order valence-electron chi connectivity index (χ1n) is 5.10. The highest BCUT2D eigenvalue weighted by Gasteiger charge is 2.05. The van der Waals surface area contributed by atoms with E-state index in [1.165, 1.54) is 0 Å². The Labute approximate surface area is 108 Å². The molecule has 0 saturated carbocycles. The Morgan fingerprint density at radius 1 is 1.06 bits per heavy atom. The average Bonchev–Trinajstić information content (AvgIpc) is 2.25. The van der Waals surface area contributed by atoms with E-state index < -0.39 is 5.97 Å². The molecule has 0 aliphatic carbocycles. The first-order valence-corrected chi connectivity index (χ1v) is 6.18. The smallest absolute Gasteiger partial charge is 0.303 e. The number of rotatable bonds is 6. The largest absolute Gasteiger partial charge is 0.481 e. The summed E-state index contributed by atoms with van der Waals surface area (Å²) >= 11 is 2.19. The molecule has 16 heavy (non-hydrogen) atoms. The molecular formula is C12H13IO3. The maximum atomic E-state index is 11.7. The van der Waals surface area contributed by atoms with Crippen molar-refractivity contribution in [2.24, 2.45) is 0 Å². The van der Waals surface area contributed by atoms with E-state index in [-0.39, 0.29) is 12.2 Å². The van der Waals surface area contributed by atoms with Gasteiger partial charge in [0.2, 0.25) is 0 Å². The van der Waals surface area contributed by atoms with E-state index in [1.807, 2.05) is 12.1 Å². The first kappa shape index (κ1) is 13.2. The van der Waals surface area contributed by atoms with Crippen molar-refractivity contribution in [2.75, 3.05) is 0 Å². The zero-order chi connectivity index (χ0) is 12.0. The van der Waals surface area contributed by atoms with Crippen molar-refractivity contribution in [1.29, 1.82) is 0 Å². The van der Waals surface area contributed by atoms with Gasteiger partial charge >= 0.3 is 5.97 Å². The van der Waals surface area contributed by atoms with Crippen molar-refractivity contribution in [3.05, 3.63) is 33.4 Å². The number of hydrogen-bond donors (Lipinski definition) is 1. The number of carboxylic acid groups (broad SMARTS) is 1. The van der Waals surface area contributed by atoms with E-state index in [0.717, 1.165) is 3.57 Å². The molecule has 3 nitrogen and oxygen atoms in total. The lowest BCUT2D eigenvalue weighted by atomic mass is 10.1. The maximum Gasteiger partial charge on any atom is 0.303 e. The minimum absolute atomic E-state index is 0.0850. The van der Waals surface area contributed by atoms with Crippen molar-refractivity contribution in [1.82, 2.24) is 0 Å². The second kappa shape index (κ2) is 6.62. The number of carbonyl (C=O) groups excluding carboxylic acids is 1. The van der Waals surface area contributed by atoms with Gasteiger partial charge in [0.25, 0.3) is 0 Å². The van der Waals surface area contributed by atoms with Gasteiger partial charge in [0.15, 0.2) is 5.78 Å². The van der Waals surface area contributed by atoms with Gasteiger partial charge in [-0.1, -0.05) is 12.1 Å². The fraction of sp³-hybridized carbons (Fsp3) is 0.333. The minimum atomic E-state index is -0.804. The van der Waals surface area contributed by atoms with Crippen LogP contribution in [0.4, 0.5) is 0 Å². The summed E-state index contributed by atoms with van der Waals surface area (Å²) in [5.41, 5.74) is 0.704. The SMILES string of the molecule is O=C(O)CCCCC(=O)c1ccc(I)cc1. The molecule has 0 fully saturated rings. The van der Waals surface area contributed by atoms with Gasteiger partial charge in [0, 0.05) is 22.0 Å². The van der Waals surface area contributed by atoms with E-state index in [1.54, 1.807) is 12.1 Å². The lowest BCUT2D eigenvalue weighted by Crippen LogP contribution is -2.00. The molecule has 4 heteroatoms. The standard InChI is InChI=1S/C12H13IO3/c13-10-7-5-9(6-8-10)11(14)3-1-2-4-12(15)16/h5-8H,1-4H2,(H,15,16). The quantitative estimate of drug-likeness (QED) is 0.495. The topological polar surface area (TPSA) is 54.4 Å². The molecule has 0 atom stereocenters.